The van der Waals surface area contributed by atoms with Gasteiger partial charge in [-0.05, 0) is 11.1 Å². The zero-order chi connectivity index (χ0) is 18.3. The summed E-state index contributed by atoms with van der Waals surface area (Å²) >= 11 is 0. The van der Waals surface area contributed by atoms with Gasteiger partial charge in [0, 0.05) is 19.6 Å². The summed E-state index contributed by atoms with van der Waals surface area (Å²) in [6.45, 7) is 0.173. The Hall–Kier alpha value is -1.17. The van der Waals surface area contributed by atoms with Gasteiger partial charge in [-0.2, -0.15) is 0 Å². The number of benzene rings is 2. The van der Waals surface area contributed by atoms with E-state index in [9.17, 15) is 23.2 Å². The largest absolute Gasteiger partial charge is 1.00 e. The fraction of sp³-hybridized carbons (Fsp3) is 0.333. The van der Waals surface area contributed by atoms with Crippen LogP contribution in [0.1, 0.15) is 23.3 Å². The summed E-state index contributed by atoms with van der Waals surface area (Å²) in [5, 5.41) is 20.7. The third kappa shape index (κ3) is 8.02. The van der Waals surface area contributed by atoms with Crippen LogP contribution in [0.5, 0.6) is 0 Å². The molecule has 0 aromatic heterocycles. The number of rotatable bonds is 9. The van der Waals surface area contributed by atoms with Crippen molar-refractivity contribution in [2.24, 2.45) is 0 Å². The van der Waals surface area contributed by atoms with E-state index in [0.29, 0.717) is 11.1 Å². The van der Waals surface area contributed by atoms with Crippen molar-refractivity contribution in [3.05, 3.63) is 71.8 Å². The van der Waals surface area contributed by atoms with Crippen LogP contribution in [0.15, 0.2) is 60.7 Å². The Kier molecular flexibility index (Phi) is 9.54. The first-order valence-corrected chi connectivity index (χ1v) is 9.55. The smallest absolute Gasteiger partial charge is 0.748 e. The number of aliphatic hydroxyl groups is 2. The summed E-state index contributed by atoms with van der Waals surface area (Å²) in [6.07, 6.45) is -1.70. The van der Waals surface area contributed by atoms with Gasteiger partial charge in [-0.1, -0.05) is 60.7 Å². The molecule has 0 aliphatic rings. The van der Waals surface area contributed by atoms with Crippen molar-refractivity contribution < 1.29 is 42.0 Å². The predicted octanol–water partition coefficient (Wildman–Crippen LogP) is -1.70. The molecule has 2 aromatic rings. The van der Waals surface area contributed by atoms with Crippen LogP contribution in [0.4, 0.5) is 0 Å². The summed E-state index contributed by atoms with van der Waals surface area (Å²) in [5.74, 6) is -0.573. The molecule has 8 heteroatoms. The molecule has 0 saturated carbocycles. The Bertz CT molecular complexity index is 695. The van der Waals surface area contributed by atoms with Crippen molar-refractivity contribution in [3.8, 4) is 0 Å². The first-order valence-electron chi connectivity index (χ1n) is 7.97. The molecule has 2 N–H and O–H groups in total. The molecule has 2 unspecified atom stereocenters. The average molecular weight is 371 g/mol. The topological polar surface area (TPSA) is 101 Å². The second-order valence-electron chi connectivity index (χ2n) is 5.87. The molecule has 0 saturated heterocycles. The minimum atomic E-state index is -4.37. The summed E-state index contributed by atoms with van der Waals surface area (Å²) in [5.41, 5.74) is 1.37. The van der Waals surface area contributed by atoms with Crippen LogP contribution >= 0.6 is 0 Å². The third-order valence-electron chi connectivity index (χ3n) is 3.89. The van der Waals surface area contributed by atoms with E-state index in [1.165, 1.54) is 0 Å². The van der Waals surface area contributed by atoms with Gasteiger partial charge in [0.25, 0.3) is 0 Å². The normalized spacial score (nSPS) is 13.8. The van der Waals surface area contributed by atoms with Gasteiger partial charge in [-0.25, -0.2) is 8.42 Å². The molecule has 0 aliphatic heterocycles. The van der Waals surface area contributed by atoms with Crippen LogP contribution in [0.3, 0.4) is 0 Å². The maximum absolute atomic E-state index is 10.9. The van der Waals surface area contributed by atoms with Crippen LogP contribution in [0, 0.1) is 0 Å². The SMILES string of the molecule is O=S(=O)([O-])CCN(CC(O)c1ccccc1)CC(O)c1ccccc1.[Li+]. The number of aliphatic hydroxyl groups excluding tert-OH is 2. The molecular weight excluding hydrogens is 349 g/mol. The molecule has 2 atom stereocenters. The Morgan fingerprint density at radius 2 is 1.23 bits per heavy atom. The van der Waals surface area contributed by atoms with E-state index in [1.54, 1.807) is 53.4 Å². The van der Waals surface area contributed by atoms with Gasteiger partial charge < -0.3 is 14.8 Å². The zero-order valence-corrected chi connectivity index (χ0v) is 15.5. The summed E-state index contributed by atoms with van der Waals surface area (Å²) < 4.78 is 32.8. The average Bonchev–Trinajstić information content (AvgIpc) is 2.60. The molecule has 2 rings (SSSR count). The van der Waals surface area contributed by atoms with Crippen LogP contribution < -0.4 is 18.9 Å². The number of hydrogen-bond acceptors (Lipinski definition) is 6. The first-order chi connectivity index (χ1) is 11.8. The van der Waals surface area contributed by atoms with Crippen molar-refractivity contribution in [2.45, 2.75) is 12.2 Å². The van der Waals surface area contributed by atoms with Gasteiger partial charge in [-0.15, -0.1) is 0 Å². The van der Waals surface area contributed by atoms with Gasteiger partial charge in [0.1, 0.15) is 0 Å². The summed E-state index contributed by atoms with van der Waals surface area (Å²) in [7, 11) is -4.37. The van der Waals surface area contributed by atoms with Gasteiger partial charge in [0.05, 0.1) is 28.1 Å². The monoisotopic (exact) mass is 371 g/mol. The predicted molar refractivity (Wildman–Crippen MR) is 93.8 cm³/mol. The third-order valence-corrected chi connectivity index (χ3v) is 4.57. The van der Waals surface area contributed by atoms with Crippen LogP contribution in [0.25, 0.3) is 0 Å². The summed E-state index contributed by atoms with van der Waals surface area (Å²) in [6, 6.07) is 17.9. The molecule has 0 amide bonds. The van der Waals surface area contributed by atoms with Crippen molar-refractivity contribution in [1.82, 2.24) is 4.90 Å². The maximum Gasteiger partial charge on any atom is 1.00 e. The number of nitrogens with zero attached hydrogens (tertiary/aromatic N) is 1. The molecule has 0 heterocycles. The van der Waals surface area contributed by atoms with Crippen molar-refractivity contribution in [3.63, 3.8) is 0 Å². The van der Waals surface area contributed by atoms with Crippen LogP contribution in [0.2, 0.25) is 0 Å². The second kappa shape index (κ2) is 10.9. The van der Waals surface area contributed by atoms with E-state index >= 15 is 0 Å². The molecule has 136 valence electrons. The van der Waals surface area contributed by atoms with E-state index < -0.39 is 28.1 Å². The molecule has 0 fully saturated rings. The number of hydrogen-bond donors (Lipinski definition) is 2. The fourth-order valence-electron chi connectivity index (χ4n) is 2.55. The van der Waals surface area contributed by atoms with Crippen LogP contribution in [-0.2, 0) is 10.1 Å². The molecule has 6 nitrogen and oxygen atoms in total. The van der Waals surface area contributed by atoms with Crippen molar-refractivity contribution >= 4 is 10.1 Å². The van der Waals surface area contributed by atoms with E-state index in [1.807, 2.05) is 12.1 Å². The minimum absolute atomic E-state index is 0. The van der Waals surface area contributed by atoms with Gasteiger partial charge in [-0.3, -0.25) is 4.90 Å². The molecule has 0 bridgehead atoms. The molecule has 0 radical (unpaired) electrons. The van der Waals surface area contributed by atoms with Gasteiger partial charge in [0.15, 0.2) is 0 Å². The molecule has 0 aliphatic carbocycles. The Labute approximate surface area is 166 Å². The molecule has 26 heavy (non-hydrogen) atoms. The Balaban J connectivity index is 0.00000338. The van der Waals surface area contributed by atoms with Gasteiger partial charge in [0.2, 0.25) is 0 Å². The molecule has 0 spiro atoms. The Morgan fingerprint density at radius 1 is 0.846 bits per heavy atom. The van der Waals surface area contributed by atoms with E-state index in [4.69, 9.17) is 0 Å². The van der Waals surface area contributed by atoms with E-state index in [0.717, 1.165) is 0 Å². The molecular formula is C18H22LiNO5S. The second-order valence-corrected chi connectivity index (χ2v) is 7.40. The van der Waals surface area contributed by atoms with Crippen LogP contribution in [-0.4, -0.2) is 53.5 Å². The quantitative estimate of drug-likeness (QED) is 0.403. The zero-order valence-electron chi connectivity index (χ0n) is 14.7. The van der Waals surface area contributed by atoms with E-state index in [-0.39, 0.29) is 38.5 Å². The van der Waals surface area contributed by atoms with Gasteiger partial charge >= 0.3 is 18.9 Å². The maximum atomic E-state index is 10.9. The van der Waals surface area contributed by atoms with E-state index in [2.05, 4.69) is 0 Å². The minimum Gasteiger partial charge on any atom is -0.748 e. The standard InChI is InChI=1S/C18H23NO5S.Li/c20-17(15-7-3-1-4-8-15)13-19(11-12-25(22,23)24)14-18(21)16-9-5-2-6-10-16;/h1-10,17-18,20-21H,11-14H2,(H,22,23,24);/q;+1/p-1. The first kappa shape index (κ1) is 22.9. The van der Waals surface area contributed by atoms with Crippen molar-refractivity contribution in [2.75, 3.05) is 25.4 Å². The molecule has 2 aromatic carbocycles. The Morgan fingerprint density at radius 3 is 1.58 bits per heavy atom. The summed E-state index contributed by atoms with van der Waals surface area (Å²) in [4.78, 5) is 1.59. The van der Waals surface area contributed by atoms with Crippen molar-refractivity contribution in [1.29, 1.82) is 0 Å². The fourth-order valence-corrected chi connectivity index (χ4v) is 3.03.